The SMILES string of the molecule is Cn1ccc(N)nc1=O.Cn1ccc(N)nc1=O.N.N.O.O.O=[N+]([O-])[O-].O=[N+]([O-])[O-].[Pt+2]. The number of nitrogens with two attached hydrogens (primary N) is 2. The molecule has 21 heteroatoms. The summed E-state index contributed by atoms with van der Waals surface area (Å²) in [6.07, 6.45) is 3.15. The molecule has 0 aromatic carbocycles. The molecule has 0 unspecified atom stereocenters. The van der Waals surface area contributed by atoms with E-state index in [1.807, 2.05) is 0 Å². The third-order valence-electron chi connectivity index (χ3n) is 1.99. The molecular formula is C10H24N10O10Pt. The molecule has 0 fully saturated rings. The van der Waals surface area contributed by atoms with Crippen molar-refractivity contribution in [3.63, 3.8) is 0 Å². The number of aryl methyl sites for hydroxylation is 2. The molecule has 0 aliphatic carbocycles. The molecule has 20 nitrogen and oxygen atoms in total. The van der Waals surface area contributed by atoms with Crippen molar-refractivity contribution in [1.29, 1.82) is 0 Å². The fourth-order valence-corrected chi connectivity index (χ4v) is 0.957. The Morgan fingerprint density at radius 1 is 0.774 bits per heavy atom. The molecule has 0 aliphatic heterocycles. The van der Waals surface area contributed by atoms with Crippen LogP contribution in [0, 0.1) is 30.6 Å². The summed E-state index contributed by atoms with van der Waals surface area (Å²) in [5.74, 6) is 0.524. The van der Waals surface area contributed by atoms with Gasteiger partial charge in [0.15, 0.2) is 0 Å². The molecule has 2 aromatic rings. The van der Waals surface area contributed by atoms with Crippen LogP contribution in [0.15, 0.2) is 34.1 Å². The second-order valence-corrected chi connectivity index (χ2v) is 3.94. The summed E-state index contributed by atoms with van der Waals surface area (Å²) in [5, 5.41) is 29.5. The molecule has 2 heterocycles. The minimum atomic E-state index is -1.75. The fraction of sp³-hybridized carbons (Fsp3) is 0.200. The van der Waals surface area contributed by atoms with Crippen molar-refractivity contribution in [2.24, 2.45) is 14.1 Å². The minimum Gasteiger partial charge on any atom is -0.412 e. The van der Waals surface area contributed by atoms with Crippen LogP contribution in [0.5, 0.6) is 0 Å². The molecule has 0 saturated heterocycles. The maximum Gasteiger partial charge on any atom is 2.00 e. The van der Waals surface area contributed by atoms with Gasteiger partial charge in [-0.25, -0.2) is 9.59 Å². The van der Waals surface area contributed by atoms with Gasteiger partial charge in [0, 0.05) is 26.5 Å². The Bertz CT molecular complexity index is 768. The molecule has 31 heavy (non-hydrogen) atoms. The maximum atomic E-state index is 10.6. The van der Waals surface area contributed by atoms with Gasteiger partial charge in [0.2, 0.25) is 0 Å². The van der Waals surface area contributed by atoms with E-state index in [0.717, 1.165) is 0 Å². The Labute approximate surface area is 187 Å². The van der Waals surface area contributed by atoms with Gasteiger partial charge in [-0.3, -0.25) is 0 Å². The second-order valence-electron chi connectivity index (χ2n) is 3.94. The Morgan fingerprint density at radius 2 is 0.968 bits per heavy atom. The van der Waals surface area contributed by atoms with Gasteiger partial charge in [-0.1, -0.05) is 0 Å². The van der Waals surface area contributed by atoms with E-state index in [9.17, 15) is 9.59 Å². The van der Waals surface area contributed by atoms with Gasteiger partial charge in [0.1, 0.15) is 11.6 Å². The van der Waals surface area contributed by atoms with Gasteiger partial charge in [0.05, 0.1) is 10.2 Å². The molecule has 2 aromatic heterocycles. The van der Waals surface area contributed by atoms with Crippen LogP contribution in [-0.2, 0) is 35.2 Å². The summed E-state index contributed by atoms with van der Waals surface area (Å²) in [7, 11) is 3.24. The fourth-order valence-electron chi connectivity index (χ4n) is 0.957. The predicted molar refractivity (Wildman–Crippen MR) is 106 cm³/mol. The number of anilines is 2. The normalized spacial score (nSPS) is 7.03. The monoisotopic (exact) mass is 639 g/mol. The first-order valence-electron chi connectivity index (χ1n) is 6.08. The molecule has 0 atom stereocenters. The average Bonchev–Trinajstić information content (AvgIpc) is 2.47. The quantitative estimate of drug-likeness (QED) is 0.164. The molecule has 0 amide bonds. The molecule has 184 valence electrons. The Balaban J connectivity index is -0.0000000499. The van der Waals surface area contributed by atoms with Gasteiger partial charge in [0.25, 0.3) is 0 Å². The zero-order valence-electron chi connectivity index (χ0n) is 16.1. The van der Waals surface area contributed by atoms with Crippen LogP contribution >= 0.6 is 0 Å². The van der Waals surface area contributed by atoms with Crippen molar-refractivity contribution in [3.8, 4) is 0 Å². The summed E-state index contributed by atoms with van der Waals surface area (Å²) < 4.78 is 2.72. The van der Waals surface area contributed by atoms with Crippen LogP contribution < -0.4 is 35.1 Å². The molecule has 2 rings (SSSR count). The molecular weight excluding hydrogens is 615 g/mol. The van der Waals surface area contributed by atoms with Crippen LogP contribution in [0.1, 0.15) is 0 Å². The molecule has 0 saturated carbocycles. The smallest absolute Gasteiger partial charge is 0.412 e. The number of nitrogens with zero attached hydrogens (tertiary/aromatic N) is 6. The van der Waals surface area contributed by atoms with Crippen molar-refractivity contribution in [2.75, 3.05) is 11.5 Å². The number of nitrogen functional groups attached to an aromatic ring is 2. The van der Waals surface area contributed by atoms with E-state index in [1.165, 1.54) is 9.13 Å². The van der Waals surface area contributed by atoms with Crippen LogP contribution in [0.3, 0.4) is 0 Å². The Hall–Kier alpha value is -3.71. The van der Waals surface area contributed by atoms with Gasteiger partial charge in [-0.2, -0.15) is 9.97 Å². The molecule has 0 aliphatic rings. The summed E-state index contributed by atoms with van der Waals surface area (Å²) in [4.78, 5) is 44.6. The van der Waals surface area contributed by atoms with Crippen LogP contribution in [0.4, 0.5) is 11.6 Å². The van der Waals surface area contributed by atoms with Crippen LogP contribution in [-0.4, -0.2) is 40.2 Å². The second kappa shape index (κ2) is 24.3. The molecule has 14 N–H and O–H groups in total. The van der Waals surface area contributed by atoms with Crippen molar-refractivity contribution < 1.29 is 42.2 Å². The Morgan fingerprint density at radius 3 is 1.10 bits per heavy atom. The van der Waals surface area contributed by atoms with Gasteiger partial charge in [-0.05, 0) is 12.1 Å². The maximum absolute atomic E-state index is 10.6. The van der Waals surface area contributed by atoms with Gasteiger partial charge < -0.3 is 74.5 Å². The summed E-state index contributed by atoms with van der Waals surface area (Å²) in [6, 6.07) is 3.14. The first-order valence-corrected chi connectivity index (χ1v) is 6.08. The average molecular weight is 639 g/mol. The van der Waals surface area contributed by atoms with Crippen molar-refractivity contribution in [1.82, 2.24) is 31.4 Å². The Kier molecular flexibility index (Phi) is 36.0. The van der Waals surface area contributed by atoms with E-state index in [2.05, 4.69) is 9.97 Å². The zero-order chi connectivity index (χ0) is 20.9. The van der Waals surface area contributed by atoms with Crippen molar-refractivity contribution in [3.05, 3.63) is 76.1 Å². The topological polar surface area (TPSA) is 387 Å². The number of hydrogen-bond donors (Lipinski definition) is 4. The van der Waals surface area contributed by atoms with Gasteiger partial charge in [-0.15, -0.1) is 0 Å². The van der Waals surface area contributed by atoms with Crippen molar-refractivity contribution >= 4 is 11.6 Å². The van der Waals surface area contributed by atoms with Crippen LogP contribution in [0.2, 0.25) is 0 Å². The molecule has 0 radical (unpaired) electrons. The van der Waals surface area contributed by atoms with E-state index in [0.29, 0.717) is 0 Å². The number of aromatic nitrogens is 4. The van der Waals surface area contributed by atoms with E-state index in [-0.39, 0.29) is 67.3 Å². The summed E-state index contributed by atoms with van der Waals surface area (Å²) >= 11 is 0. The number of rotatable bonds is 0. The van der Waals surface area contributed by atoms with Crippen molar-refractivity contribution in [2.45, 2.75) is 0 Å². The molecule has 0 bridgehead atoms. The largest absolute Gasteiger partial charge is 2.00 e. The minimum absolute atomic E-state index is 0. The summed E-state index contributed by atoms with van der Waals surface area (Å²) in [5.41, 5.74) is 9.76. The van der Waals surface area contributed by atoms with Gasteiger partial charge >= 0.3 is 32.4 Å². The van der Waals surface area contributed by atoms with Crippen LogP contribution in [0.25, 0.3) is 0 Å². The first kappa shape index (κ1) is 45.8. The van der Waals surface area contributed by atoms with E-state index in [1.54, 1.807) is 38.6 Å². The number of hydrogen-bond acceptors (Lipinski definition) is 14. The summed E-state index contributed by atoms with van der Waals surface area (Å²) in [6.45, 7) is 0. The predicted octanol–water partition coefficient (Wildman–Crippen LogP) is -3.08. The first-order chi connectivity index (χ1) is 11.9. The molecule has 0 spiro atoms. The zero-order valence-corrected chi connectivity index (χ0v) is 18.4. The third kappa shape index (κ3) is 31.2. The standard InChI is InChI=1S/2C5H7N3O.2NO3.2H3N.2H2O.Pt/c2*1-8-3-2-4(6)7-5(8)9;2*2-1(3)4;;;;;/h2*2-3H,1H3,(H2,6,7,9);;;2*1H3;2*1H2;/q;;2*-1;;;;;+2. The third-order valence-corrected chi connectivity index (χ3v) is 1.99. The van der Waals surface area contributed by atoms with E-state index < -0.39 is 10.2 Å². The van der Waals surface area contributed by atoms with E-state index in [4.69, 9.17) is 42.1 Å². The van der Waals surface area contributed by atoms with E-state index >= 15 is 0 Å².